The first-order chi connectivity index (χ1) is 5.47. The van der Waals surface area contributed by atoms with Crippen LogP contribution in [0.2, 0.25) is 0 Å². The first-order valence-corrected chi connectivity index (χ1v) is 4.15. The Bertz CT molecular complexity index is 167. The first-order valence-electron chi connectivity index (χ1n) is 4.15. The van der Waals surface area contributed by atoms with Crippen LogP contribution in [0.3, 0.4) is 0 Å². The summed E-state index contributed by atoms with van der Waals surface area (Å²) in [5, 5.41) is 3.11. The second kappa shape index (κ2) is 3.13. The molecule has 0 amide bonds. The molecule has 2 rings (SSSR count). The molecule has 0 spiro atoms. The fourth-order valence-corrected chi connectivity index (χ4v) is 1.36. The largest absolute Gasteiger partial charge is 0.494 e. The molecular formula is C8H13NO2. The van der Waals surface area contributed by atoms with Crippen LogP contribution in [0.1, 0.15) is 12.8 Å². The van der Waals surface area contributed by atoms with Crippen molar-refractivity contribution in [2.24, 2.45) is 0 Å². The summed E-state index contributed by atoms with van der Waals surface area (Å²) in [6.07, 6.45) is 4.30. The fraction of sp³-hybridized carbons (Fsp3) is 0.750. The smallest absolute Gasteiger partial charge is 0.142 e. The molecule has 11 heavy (non-hydrogen) atoms. The van der Waals surface area contributed by atoms with Gasteiger partial charge in [0.15, 0.2) is 0 Å². The topological polar surface area (TPSA) is 30.5 Å². The molecule has 0 radical (unpaired) electrons. The third kappa shape index (κ3) is 1.48. The van der Waals surface area contributed by atoms with Gasteiger partial charge in [-0.2, -0.15) is 0 Å². The van der Waals surface area contributed by atoms with E-state index < -0.39 is 0 Å². The van der Waals surface area contributed by atoms with E-state index in [0.29, 0.717) is 0 Å². The van der Waals surface area contributed by atoms with Crippen molar-refractivity contribution in [2.75, 3.05) is 19.8 Å². The Balaban J connectivity index is 1.98. The van der Waals surface area contributed by atoms with Crippen LogP contribution < -0.4 is 5.32 Å². The number of hydrogen-bond acceptors (Lipinski definition) is 3. The van der Waals surface area contributed by atoms with E-state index in [0.717, 1.165) is 38.4 Å². The van der Waals surface area contributed by atoms with E-state index in [9.17, 15) is 0 Å². The van der Waals surface area contributed by atoms with Gasteiger partial charge in [0.05, 0.1) is 6.61 Å². The van der Waals surface area contributed by atoms with Crippen LogP contribution in [0, 0.1) is 0 Å². The average molecular weight is 155 g/mol. The summed E-state index contributed by atoms with van der Waals surface area (Å²) in [5.74, 6) is 0.977. The van der Waals surface area contributed by atoms with Gasteiger partial charge < -0.3 is 14.8 Å². The number of ether oxygens (including phenoxy) is 2. The molecule has 3 heteroatoms. The van der Waals surface area contributed by atoms with Gasteiger partial charge in [-0.1, -0.05) is 0 Å². The molecule has 0 aliphatic carbocycles. The lowest BCUT2D eigenvalue weighted by Gasteiger charge is -2.18. The van der Waals surface area contributed by atoms with Crippen LogP contribution >= 0.6 is 0 Å². The van der Waals surface area contributed by atoms with Crippen molar-refractivity contribution in [1.82, 2.24) is 5.32 Å². The van der Waals surface area contributed by atoms with Crippen LogP contribution in [-0.4, -0.2) is 25.9 Å². The summed E-state index contributed by atoms with van der Waals surface area (Å²) in [6, 6.07) is 0. The Morgan fingerprint density at radius 1 is 1.36 bits per heavy atom. The molecule has 1 unspecified atom stereocenters. The van der Waals surface area contributed by atoms with Crippen molar-refractivity contribution in [1.29, 1.82) is 0 Å². The van der Waals surface area contributed by atoms with Crippen molar-refractivity contribution < 1.29 is 9.47 Å². The number of rotatable bonds is 0. The predicted molar refractivity (Wildman–Crippen MR) is 41.0 cm³/mol. The molecule has 0 aromatic rings. The molecule has 0 aromatic carbocycles. The van der Waals surface area contributed by atoms with Gasteiger partial charge in [0.2, 0.25) is 0 Å². The minimum Gasteiger partial charge on any atom is -0.494 e. The van der Waals surface area contributed by atoms with E-state index in [1.807, 2.05) is 6.20 Å². The van der Waals surface area contributed by atoms with Crippen molar-refractivity contribution in [2.45, 2.75) is 18.9 Å². The highest BCUT2D eigenvalue weighted by atomic mass is 16.5. The van der Waals surface area contributed by atoms with Crippen LogP contribution in [0.4, 0.5) is 0 Å². The Kier molecular flexibility index (Phi) is 1.99. The van der Waals surface area contributed by atoms with Gasteiger partial charge >= 0.3 is 0 Å². The third-order valence-electron chi connectivity index (χ3n) is 1.99. The molecule has 1 fully saturated rings. The van der Waals surface area contributed by atoms with Crippen LogP contribution in [0.5, 0.6) is 0 Å². The van der Waals surface area contributed by atoms with Crippen LogP contribution in [0.25, 0.3) is 0 Å². The maximum Gasteiger partial charge on any atom is 0.142 e. The van der Waals surface area contributed by atoms with E-state index >= 15 is 0 Å². The average Bonchev–Trinajstić information content (AvgIpc) is 2.35. The van der Waals surface area contributed by atoms with Crippen molar-refractivity contribution in [3.8, 4) is 0 Å². The molecule has 2 heterocycles. The van der Waals surface area contributed by atoms with Crippen molar-refractivity contribution in [3.05, 3.63) is 12.0 Å². The zero-order valence-corrected chi connectivity index (χ0v) is 6.51. The van der Waals surface area contributed by atoms with E-state index in [1.165, 1.54) is 0 Å². The van der Waals surface area contributed by atoms with E-state index in [4.69, 9.17) is 9.47 Å². The van der Waals surface area contributed by atoms with Gasteiger partial charge in [-0.15, -0.1) is 0 Å². The van der Waals surface area contributed by atoms with Crippen molar-refractivity contribution in [3.63, 3.8) is 0 Å². The Hall–Kier alpha value is -0.700. The molecule has 2 aliphatic heterocycles. The first kappa shape index (κ1) is 6.98. The molecule has 0 bridgehead atoms. The molecule has 2 aliphatic rings. The van der Waals surface area contributed by atoms with Crippen LogP contribution in [0.15, 0.2) is 12.0 Å². The summed E-state index contributed by atoms with van der Waals surface area (Å²) in [7, 11) is 0. The molecular weight excluding hydrogens is 142 g/mol. The van der Waals surface area contributed by atoms with E-state index in [2.05, 4.69) is 5.32 Å². The van der Waals surface area contributed by atoms with Gasteiger partial charge in [0.25, 0.3) is 0 Å². The predicted octanol–water partition coefficient (Wildman–Crippen LogP) is 0.627. The summed E-state index contributed by atoms with van der Waals surface area (Å²) in [4.78, 5) is 0. The minimum absolute atomic E-state index is 0.176. The van der Waals surface area contributed by atoms with E-state index in [-0.39, 0.29) is 6.10 Å². The molecule has 1 atom stereocenters. The second-order valence-corrected chi connectivity index (χ2v) is 2.87. The lowest BCUT2D eigenvalue weighted by molar-refractivity contribution is 0.0178. The Morgan fingerprint density at radius 2 is 2.27 bits per heavy atom. The lowest BCUT2D eigenvalue weighted by atomic mass is 10.3. The van der Waals surface area contributed by atoms with Gasteiger partial charge in [-0.25, -0.2) is 0 Å². The highest BCUT2D eigenvalue weighted by Crippen LogP contribution is 2.16. The quantitative estimate of drug-likeness (QED) is 0.556. The van der Waals surface area contributed by atoms with E-state index in [1.54, 1.807) is 0 Å². The third-order valence-corrected chi connectivity index (χ3v) is 1.99. The van der Waals surface area contributed by atoms with Gasteiger partial charge in [-0.3, -0.25) is 0 Å². The Morgan fingerprint density at radius 3 is 3.27 bits per heavy atom. The molecule has 0 aromatic heterocycles. The number of fused-ring (bicyclic) bond motifs is 1. The second-order valence-electron chi connectivity index (χ2n) is 2.87. The fourth-order valence-electron chi connectivity index (χ4n) is 1.36. The van der Waals surface area contributed by atoms with Gasteiger partial charge in [0.1, 0.15) is 11.9 Å². The maximum atomic E-state index is 5.55. The minimum atomic E-state index is 0.176. The molecule has 1 N–H and O–H groups in total. The zero-order valence-electron chi connectivity index (χ0n) is 6.51. The normalized spacial score (nSPS) is 30.5. The van der Waals surface area contributed by atoms with Crippen LogP contribution in [-0.2, 0) is 9.47 Å². The lowest BCUT2D eigenvalue weighted by Crippen LogP contribution is -2.23. The summed E-state index contributed by atoms with van der Waals surface area (Å²) < 4.78 is 11.0. The highest BCUT2D eigenvalue weighted by Gasteiger charge is 2.22. The molecule has 62 valence electrons. The number of nitrogens with one attached hydrogen (secondary N) is 1. The monoisotopic (exact) mass is 155 g/mol. The summed E-state index contributed by atoms with van der Waals surface area (Å²) in [6.45, 7) is 2.58. The number of hydrogen-bond donors (Lipinski definition) is 1. The van der Waals surface area contributed by atoms with Gasteiger partial charge in [-0.05, 0) is 12.8 Å². The summed E-state index contributed by atoms with van der Waals surface area (Å²) >= 11 is 0. The molecule has 0 saturated carbocycles. The summed E-state index contributed by atoms with van der Waals surface area (Å²) in [5.41, 5.74) is 0. The SMILES string of the molecule is C1=C2OCCCCOC2CN1. The van der Waals surface area contributed by atoms with Crippen molar-refractivity contribution >= 4 is 0 Å². The van der Waals surface area contributed by atoms with Gasteiger partial charge in [0, 0.05) is 19.4 Å². The Labute approximate surface area is 66.4 Å². The maximum absolute atomic E-state index is 5.55. The highest BCUT2D eigenvalue weighted by molar-refractivity contribution is 5.07. The molecule has 1 saturated heterocycles. The zero-order chi connectivity index (χ0) is 7.52. The molecule has 3 nitrogen and oxygen atoms in total. The standard InChI is InChI=1S/C8H13NO2/c1-2-4-11-8-6-9-5-7(8)10-3-1/h5,8-9H,1-4,6H2.